The molecule has 0 saturated heterocycles. The second-order valence-electron chi connectivity index (χ2n) is 4.74. The van der Waals surface area contributed by atoms with Gasteiger partial charge in [0.1, 0.15) is 5.82 Å². The Morgan fingerprint density at radius 1 is 0.783 bits per heavy atom. The topological polar surface area (TPSA) is 20.2 Å². The summed E-state index contributed by atoms with van der Waals surface area (Å²) < 4.78 is 80.8. The van der Waals surface area contributed by atoms with Crippen LogP contribution in [0.3, 0.4) is 0 Å². The van der Waals surface area contributed by atoms with Crippen LogP contribution >= 0.6 is 15.9 Å². The molecule has 1 nitrogen and oxygen atoms in total. The number of halogens is 7. The molecule has 0 aliphatic rings. The van der Waals surface area contributed by atoms with Gasteiger partial charge in [0.15, 0.2) is 5.60 Å². The molecule has 0 saturated carbocycles. The molecule has 0 aliphatic heterocycles. The van der Waals surface area contributed by atoms with E-state index in [-0.39, 0.29) is 4.47 Å². The van der Waals surface area contributed by atoms with E-state index < -0.39 is 34.6 Å². The first-order chi connectivity index (χ1) is 10.5. The fourth-order valence-corrected chi connectivity index (χ4v) is 2.77. The number of hydrogen-bond acceptors (Lipinski definition) is 1. The standard InChI is InChI=1S/C15H9BrF6O/c16-11-7-3-1-5-9(11)13(23,14(18,19)15(20,21)22)10-6-2-4-8-12(10)17/h1-8,23H. The Bertz CT molecular complexity index is 668. The summed E-state index contributed by atoms with van der Waals surface area (Å²) in [6.07, 6.45) is -6.10. The average Bonchev–Trinajstić information content (AvgIpc) is 2.46. The van der Waals surface area contributed by atoms with Gasteiger partial charge in [-0.05, 0) is 12.1 Å². The fourth-order valence-electron chi connectivity index (χ4n) is 2.20. The van der Waals surface area contributed by atoms with Gasteiger partial charge in [0.05, 0.1) is 0 Å². The zero-order valence-electron chi connectivity index (χ0n) is 11.2. The molecule has 0 amide bonds. The Hall–Kier alpha value is -1.54. The van der Waals surface area contributed by atoms with Gasteiger partial charge >= 0.3 is 12.1 Å². The predicted molar refractivity (Wildman–Crippen MR) is 74.5 cm³/mol. The molecule has 2 rings (SSSR count). The largest absolute Gasteiger partial charge is 0.457 e. The lowest BCUT2D eigenvalue weighted by molar-refractivity contribution is -0.337. The zero-order chi connectivity index (χ0) is 17.5. The quantitative estimate of drug-likeness (QED) is 0.719. The van der Waals surface area contributed by atoms with Gasteiger partial charge in [0.25, 0.3) is 0 Å². The molecule has 1 N–H and O–H groups in total. The van der Waals surface area contributed by atoms with Crippen molar-refractivity contribution >= 4 is 15.9 Å². The molecule has 0 spiro atoms. The highest BCUT2D eigenvalue weighted by atomic mass is 79.9. The summed E-state index contributed by atoms with van der Waals surface area (Å²) in [4.78, 5) is 0. The van der Waals surface area contributed by atoms with Crippen molar-refractivity contribution in [3.05, 3.63) is 69.9 Å². The predicted octanol–water partition coefficient (Wildman–Crippen LogP) is 5.02. The first-order valence-corrected chi connectivity index (χ1v) is 6.99. The van der Waals surface area contributed by atoms with Crippen molar-refractivity contribution in [2.45, 2.75) is 17.7 Å². The van der Waals surface area contributed by atoms with E-state index >= 15 is 0 Å². The van der Waals surface area contributed by atoms with Crippen molar-refractivity contribution in [2.75, 3.05) is 0 Å². The zero-order valence-corrected chi connectivity index (χ0v) is 12.8. The van der Waals surface area contributed by atoms with E-state index in [4.69, 9.17) is 0 Å². The molecule has 1 unspecified atom stereocenters. The molecule has 124 valence electrons. The maximum atomic E-state index is 14.1. The van der Waals surface area contributed by atoms with Crippen LogP contribution in [0.25, 0.3) is 0 Å². The summed E-state index contributed by atoms with van der Waals surface area (Å²) in [6, 6.07) is 8.14. The third kappa shape index (κ3) is 2.74. The van der Waals surface area contributed by atoms with Crippen LogP contribution < -0.4 is 0 Å². The number of rotatable bonds is 3. The molecule has 2 aromatic rings. The molecule has 0 aromatic heterocycles. The number of hydrogen-bond donors (Lipinski definition) is 1. The summed E-state index contributed by atoms with van der Waals surface area (Å²) in [5.41, 5.74) is -5.90. The monoisotopic (exact) mass is 398 g/mol. The van der Waals surface area contributed by atoms with Crippen molar-refractivity contribution in [3.63, 3.8) is 0 Å². The van der Waals surface area contributed by atoms with E-state index in [0.29, 0.717) is 12.1 Å². The van der Waals surface area contributed by atoms with Crippen LogP contribution in [0.4, 0.5) is 26.3 Å². The second kappa shape index (κ2) is 5.83. The lowest BCUT2D eigenvalue weighted by Crippen LogP contribution is -2.56. The van der Waals surface area contributed by atoms with Gasteiger partial charge in [-0.3, -0.25) is 0 Å². The molecule has 23 heavy (non-hydrogen) atoms. The lowest BCUT2D eigenvalue weighted by Gasteiger charge is -2.38. The van der Waals surface area contributed by atoms with Crippen LogP contribution in [0.15, 0.2) is 53.0 Å². The first-order valence-electron chi connectivity index (χ1n) is 6.20. The van der Waals surface area contributed by atoms with Crippen LogP contribution in [0, 0.1) is 5.82 Å². The van der Waals surface area contributed by atoms with Gasteiger partial charge in [-0.25, -0.2) is 4.39 Å². The smallest absolute Gasteiger partial charge is 0.374 e. The molecule has 0 bridgehead atoms. The van der Waals surface area contributed by atoms with E-state index in [1.54, 1.807) is 0 Å². The third-order valence-electron chi connectivity index (χ3n) is 3.34. The molecule has 0 fully saturated rings. The Kier molecular flexibility index (Phi) is 4.51. The minimum Gasteiger partial charge on any atom is -0.374 e. The Balaban J connectivity index is 2.87. The van der Waals surface area contributed by atoms with E-state index in [1.165, 1.54) is 18.2 Å². The lowest BCUT2D eigenvalue weighted by atomic mass is 9.80. The summed E-state index contributed by atoms with van der Waals surface area (Å²) in [7, 11) is 0. The van der Waals surface area contributed by atoms with E-state index in [0.717, 1.165) is 18.2 Å². The molecule has 2 aromatic carbocycles. The van der Waals surface area contributed by atoms with Gasteiger partial charge in [-0.1, -0.05) is 52.3 Å². The highest BCUT2D eigenvalue weighted by Gasteiger charge is 2.72. The van der Waals surface area contributed by atoms with Crippen LogP contribution in [0.2, 0.25) is 0 Å². The summed E-state index contributed by atoms with van der Waals surface area (Å²) in [5, 5.41) is 10.4. The normalized spacial score (nSPS) is 15.3. The Morgan fingerprint density at radius 3 is 1.74 bits per heavy atom. The van der Waals surface area contributed by atoms with Gasteiger partial charge in [-0.15, -0.1) is 0 Å². The number of aliphatic hydroxyl groups is 1. The minimum atomic E-state index is -6.10. The maximum absolute atomic E-state index is 14.1. The van der Waals surface area contributed by atoms with Crippen molar-refractivity contribution in [1.29, 1.82) is 0 Å². The van der Waals surface area contributed by atoms with Crippen LogP contribution in [0.1, 0.15) is 11.1 Å². The van der Waals surface area contributed by atoms with Crippen molar-refractivity contribution in [3.8, 4) is 0 Å². The molecular formula is C15H9BrF6O. The van der Waals surface area contributed by atoms with Crippen LogP contribution in [0.5, 0.6) is 0 Å². The van der Waals surface area contributed by atoms with Crippen molar-refractivity contribution in [2.24, 2.45) is 0 Å². The van der Waals surface area contributed by atoms with E-state index in [1.807, 2.05) is 0 Å². The maximum Gasteiger partial charge on any atom is 0.457 e. The average molecular weight is 399 g/mol. The number of alkyl halides is 5. The fraction of sp³-hybridized carbons (Fsp3) is 0.200. The molecule has 1 atom stereocenters. The molecule has 0 radical (unpaired) electrons. The Labute approximate surface area is 135 Å². The summed E-state index contributed by atoms with van der Waals surface area (Å²) in [5.74, 6) is -7.01. The Morgan fingerprint density at radius 2 is 1.26 bits per heavy atom. The van der Waals surface area contributed by atoms with Crippen molar-refractivity contribution in [1.82, 2.24) is 0 Å². The summed E-state index contributed by atoms with van der Waals surface area (Å²) in [6.45, 7) is 0. The van der Waals surface area contributed by atoms with E-state index in [9.17, 15) is 31.4 Å². The summed E-state index contributed by atoms with van der Waals surface area (Å²) >= 11 is 2.83. The highest BCUT2D eigenvalue weighted by Crippen LogP contribution is 2.53. The van der Waals surface area contributed by atoms with Gasteiger partial charge in [-0.2, -0.15) is 22.0 Å². The first kappa shape index (κ1) is 17.8. The SMILES string of the molecule is OC(c1ccccc1F)(c1ccccc1Br)C(F)(F)C(F)(F)F. The second-order valence-corrected chi connectivity index (χ2v) is 5.60. The van der Waals surface area contributed by atoms with Crippen molar-refractivity contribution < 1.29 is 31.4 Å². The molecule has 8 heteroatoms. The van der Waals surface area contributed by atoms with Gasteiger partial charge in [0.2, 0.25) is 0 Å². The van der Waals surface area contributed by atoms with Crippen LogP contribution in [-0.2, 0) is 5.60 Å². The van der Waals surface area contributed by atoms with Gasteiger partial charge in [0, 0.05) is 15.6 Å². The molecule has 0 aliphatic carbocycles. The van der Waals surface area contributed by atoms with E-state index in [2.05, 4.69) is 15.9 Å². The van der Waals surface area contributed by atoms with Crippen LogP contribution in [-0.4, -0.2) is 17.2 Å². The highest BCUT2D eigenvalue weighted by molar-refractivity contribution is 9.10. The third-order valence-corrected chi connectivity index (χ3v) is 4.03. The van der Waals surface area contributed by atoms with Gasteiger partial charge < -0.3 is 5.11 Å². The minimum absolute atomic E-state index is 0.213. The molecular weight excluding hydrogens is 390 g/mol. The number of benzene rings is 2. The molecule has 0 heterocycles.